The highest BCUT2D eigenvalue weighted by molar-refractivity contribution is 14.1. The maximum Gasteiger partial charge on any atom is 0.312 e. The molecule has 1 aromatic heterocycles. The Hall–Kier alpha value is -1.50. The molecule has 0 aliphatic heterocycles. The number of hydrogen-bond acceptors (Lipinski definition) is 3. The number of carboxylic acid groups (broad SMARTS) is 1. The van der Waals surface area contributed by atoms with Crippen molar-refractivity contribution >= 4 is 28.6 Å². The lowest BCUT2D eigenvalue weighted by Gasteiger charge is -2.13. The zero-order chi connectivity index (χ0) is 13.8. The predicted octanol–water partition coefficient (Wildman–Crippen LogP) is 2.80. The molecule has 0 bridgehead atoms. The molecule has 0 fully saturated rings. The van der Waals surface area contributed by atoms with Crippen LogP contribution in [0.4, 0.5) is 0 Å². The Morgan fingerprint density at radius 1 is 1.47 bits per heavy atom. The summed E-state index contributed by atoms with van der Waals surface area (Å²) in [6.07, 6.45) is 3.46. The van der Waals surface area contributed by atoms with Gasteiger partial charge in [0.2, 0.25) is 0 Å². The Morgan fingerprint density at radius 2 is 2.26 bits per heavy atom. The first-order chi connectivity index (χ1) is 9.08. The van der Waals surface area contributed by atoms with Crippen molar-refractivity contribution in [3.05, 3.63) is 57.2 Å². The zero-order valence-corrected chi connectivity index (χ0v) is 12.5. The summed E-state index contributed by atoms with van der Waals surface area (Å²) in [5.41, 5.74) is 2.70. The van der Waals surface area contributed by atoms with Crippen molar-refractivity contribution in [2.75, 3.05) is 0 Å². The minimum atomic E-state index is -0.863. The molecule has 0 radical (unpaired) electrons. The third kappa shape index (κ3) is 3.50. The second-order valence-electron chi connectivity index (χ2n) is 4.34. The Labute approximate surface area is 125 Å². The van der Waals surface area contributed by atoms with Crippen molar-refractivity contribution in [1.82, 2.24) is 9.97 Å². The van der Waals surface area contributed by atoms with Crippen molar-refractivity contribution in [2.45, 2.75) is 19.3 Å². The van der Waals surface area contributed by atoms with Gasteiger partial charge in [0.05, 0.1) is 9.26 Å². The second kappa shape index (κ2) is 6.10. The van der Waals surface area contributed by atoms with Gasteiger partial charge in [-0.2, -0.15) is 0 Å². The maximum atomic E-state index is 11.5. The van der Waals surface area contributed by atoms with Gasteiger partial charge in [0.15, 0.2) is 0 Å². The molecular formula is C14H13IN2O2. The van der Waals surface area contributed by atoms with Crippen molar-refractivity contribution in [3.63, 3.8) is 0 Å². The monoisotopic (exact) mass is 368 g/mol. The molecule has 0 amide bonds. The molecule has 2 rings (SSSR count). The van der Waals surface area contributed by atoms with E-state index < -0.39 is 11.9 Å². The van der Waals surface area contributed by atoms with Gasteiger partial charge in [0, 0.05) is 6.20 Å². The summed E-state index contributed by atoms with van der Waals surface area (Å²) in [4.78, 5) is 19.5. The number of carboxylic acids is 1. The Bertz CT molecular complexity index is 602. The minimum Gasteiger partial charge on any atom is -0.481 e. The van der Waals surface area contributed by atoms with E-state index >= 15 is 0 Å². The summed E-state index contributed by atoms with van der Waals surface area (Å²) < 4.78 is 0.778. The normalized spacial score (nSPS) is 12.1. The summed E-state index contributed by atoms with van der Waals surface area (Å²) >= 11 is 2.07. The number of carbonyl (C=O) groups is 1. The summed E-state index contributed by atoms with van der Waals surface area (Å²) in [6, 6.07) is 7.88. The predicted molar refractivity (Wildman–Crippen MR) is 80.0 cm³/mol. The SMILES string of the molecule is Cc1cccc(CC(C(=O)O)c2ncncc2I)c1. The van der Waals surface area contributed by atoms with Crippen LogP contribution in [-0.4, -0.2) is 21.0 Å². The minimum absolute atomic E-state index is 0.435. The van der Waals surface area contributed by atoms with Crippen LogP contribution in [0.3, 0.4) is 0 Å². The molecule has 0 aliphatic carbocycles. The highest BCUT2D eigenvalue weighted by Crippen LogP contribution is 2.23. The fourth-order valence-electron chi connectivity index (χ4n) is 1.95. The van der Waals surface area contributed by atoms with Crippen LogP contribution in [0.1, 0.15) is 22.7 Å². The highest BCUT2D eigenvalue weighted by atomic mass is 127. The molecule has 1 aromatic carbocycles. The van der Waals surface area contributed by atoms with Gasteiger partial charge in [-0.1, -0.05) is 29.8 Å². The van der Waals surface area contributed by atoms with Crippen LogP contribution in [0.5, 0.6) is 0 Å². The Balaban J connectivity index is 2.32. The lowest BCUT2D eigenvalue weighted by molar-refractivity contribution is -0.138. The largest absolute Gasteiger partial charge is 0.481 e. The first-order valence-corrected chi connectivity index (χ1v) is 6.89. The van der Waals surface area contributed by atoms with E-state index in [0.29, 0.717) is 12.1 Å². The van der Waals surface area contributed by atoms with E-state index in [4.69, 9.17) is 0 Å². The molecule has 0 spiro atoms. The maximum absolute atomic E-state index is 11.5. The number of halogens is 1. The molecule has 1 unspecified atom stereocenters. The third-order valence-corrected chi connectivity index (χ3v) is 3.68. The molecule has 1 N–H and O–H groups in total. The molecule has 0 aliphatic rings. The average Bonchev–Trinajstić information content (AvgIpc) is 2.37. The van der Waals surface area contributed by atoms with E-state index in [1.807, 2.05) is 31.2 Å². The van der Waals surface area contributed by atoms with Gasteiger partial charge in [-0.25, -0.2) is 9.97 Å². The first-order valence-electron chi connectivity index (χ1n) is 5.81. The second-order valence-corrected chi connectivity index (χ2v) is 5.50. The lowest BCUT2D eigenvalue weighted by atomic mass is 9.95. The van der Waals surface area contributed by atoms with E-state index in [1.54, 1.807) is 6.20 Å². The van der Waals surface area contributed by atoms with Gasteiger partial charge >= 0.3 is 5.97 Å². The zero-order valence-electron chi connectivity index (χ0n) is 10.4. The van der Waals surface area contributed by atoms with E-state index in [9.17, 15) is 9.90 Å². The Morgan fingerprint density at radius 3 is 2.89 bits per heavy atom. The third-order valence-electron chi connectivity index (χ3n) is 2.85. The molecule has 1 atom stereocenters. The van der Waals surface area contributed by atoms with Crippen LogP contribution in [0.15, 0.2) is 36.8 Å². The molecule has 0 saturated heterocycles. The quantitative estimate of drug-likeness (QED) is 0.844. The van der Waals surface area contributed by atoms with Crippen molar-refractivity contribution in [2.24, 2.45) is 0 Å². The number of nitrogens with zero attached hydrogens (tertiary/aromatic N) is 2. The van der Waals surface area contributed by atoms with Crippen LogP contribution in [0, 0.1) is 10.5 Å². The van der Waals surface area contributed by atoms with E-state index in [0.717, 1.165) is 14.7 Å². The molecule has 5 heteroatoms. The number of aromatic nitrogens is 2. The number of aliphatic carboxylic acids is 1. The van der Waals surface area contributed by atoms with Crippen LogP contribution >= 0.6 is 22.6 Å². The molecule has 1 heterocycles. The van der Waals surface area contributed by atoms with Gasteiger partial charge < -0.3 is 5.11 Å². The van der Waals surface area contributed by atoms with Crippen LogP contribution in [-0.2, 0) is 11.2 Å². The smallest absolute Gasteiger partial charge is 0.312 e. The molecular weight excluding hydrogens is 355 g/mol. The lowest BCUT2D eigenvalue weighted by Crippen LogP contribution is -2.17. The number of hydrogen-bond donors (Lipinski definition) is 1. The number of benzene rings is 1. The number of rotatable bonds is 4. The topological polar surface area (TPSA) is 63.1 Å². The van der Waals surface area contributed by atoms with E-state index in [2.05, 4.69) is 32.6 Å². The van der Waals surface area contributed by atoms with Crippen molar-refractivity contribution in [1.29, 1.82) is 0 Å². The van der Waals surface area contributed by atoms with Gasteiger partial charge in [0.1, 0.15) is 12.2 Å². The average molecular weight is 368 g/mol. The molecule has 19 heavy (non-hydrogen) atoms. The Kier molecular flexibility index (Phi) is 4.47. The van der Waals surface area contributed by atoms with Gasteiger partial charge in [-0.15, -0.1) is 0 Å². The standard InChI is InChI=1S/C14H13IN2O2/c1-9-3-2-4-10(5-9)6-11(14(18)19)13-12(15)7-16-8-17-13/h2-5,7-8,11H,6H2,1H3,(H,18,19). The fraction of sp³-hybridized carbons (Fsp3) is 0.214. The molecule has 4 nitrogen and oxygen atoms in total. The summed E-state index contributed by atoms with van der Waals surface area (Å²) in [5, 5.41) is 9.42. The van der Waals surface area contributed by atoms with Crippen molar-refractivity contribution in [3.8, 4) is 0 Å². The highest BCUT2D eigenvalue weighted by Gasteiger charge is 2.24. The fourth-order valence-corrected chi connectivity index (χ4v) is 2.63. The first kappa shape index (κ1) is 13.9. The summed E-state index contributed by atoms with van der Waals surface area (Å²) in [6.45, 7) is 1.99. The van der Waals surface area contributed by atoms with Crippen LogP contribution in [0.2, 0.25) is 0 Å². The molecule has 0 saturated carbocycles. The summed E-state index contributed by atoms with van der Waals surface area (Å²) in [5.74, 6) is -1.50. The van der Waals surface area contributed by atoms with Gasteiger partial charge in [0.25, 0.3) is 0 Å². The molecule has 2 aromatic rings. The number of aryl methyl sites for hydroxylation is 1. The van der Waals surface area contributed by atoms with Crippen LogP contribution < -0.4 is 0 Å². The molecule has 98 valence electrons. The van der Waals surface area contributed by atoms with E-state index in [1.165, 1.54) is 6.33 Å². The summed E-state index contributed by atoms with van der Waals surface area (Å²) in [7, 11) is 0. The van der Waals surface area contributed by atoms with Gasteiger partial charge in [-0.05, 0) is 41.5 Å². The van der Waals surface area contributed by atoms with Crippen molar-refractivity contribution < 1.29 is 9.90 Å². The van der Waals surface area contributed by atoms with Gasteiger partial charge in [-0.3, -0.25) is 4.79 Å². The van der Waals surface area contributed by atoms with Crippen LogP contribution in [0.25, 0.3) is 0 Å². The van der Waals surface area contributed by atoms with E-state index in [-0.39, 0.29) is 0 Å².